The molecule has 1 aliphatic rings. The van der Waals surface area contributed by atoms with E-state index in [1.54, 1.807) is 27.5 Å². The molecule has 28 heavy (non-hydrogen) atoms. The minimum Gasteiger partial charge on any atom is -0.493 e. The number of rotatable bonds is 6. The van der Waals surface area contributed by atoms with Crippen molar-refractivity contribution in [1.29, 1.82) is 0 Å². The van der Waals surface area contributed by atoms with Crippen LogP contribution in [-0.4, -0.2) is 54.8 Å². The molecule has 0 saturated carbocycles. The molecule has 0 atom stereocenters. The van der Waals surface area contributed by atoms with Crippen LogP contribution in [-0.2, 0) is 11.3 Å². The maximum absolute atomic E-state index is 5.71. The Balaban J connectivity index is 1.54. The van der Waals surface area contributed by atoms with Crippen LogP contribution in [0, 0.1) is 0 Å². The number of hydrogen-bond acceptors (Lipinski definition) is 9. The third kappa shape index (κ3) is 3.45. The highest BCUT2D eigenvalue weighted by atomic mass is 16.5. The molecule has 0 amide bonds. The van der Waals surface area contributed by atoms with Gasteiger partial charge in [0.05, 0.1) is 20.4 Å². The Labute approximate surface area is 162 Å². The Hall–Kier alpha value is -2.94. The zero-order chi connectivity index (χ0) is 19.5. The summed E-state index contributed by atoms with van der Waals surface area (Å²) >= 11 is 0. The maximum atomic E-state index is 5.71. The molecule has 148 valence electrons. The van der Waals surface area contributed by atoms with Gasteiger partial charge in [-0.3, -0.25) is 0 Å². The van der Waals surface area contributed by atoms with Gasteiger partial charge in [0.15, 0.2) is 17.3 Å². The molecule has 3 heterocycles. The number of ether oxygens (including phenoxy) is 3. The molecule has 0 bridgehead atoms. The number of piperidine rings is 1. The lowest BCUT2D eigenvalue weighted by Crippen LogP contribution is -2.33. The number of benzene rings is 1. The Morgan fingerprint density at radius 1 is 1.04 bits per heavy atom. The van der Waals surface area contributed by atoms with Crippen molar-refractivity contribution in [3.8, 4) is 11.5 Å². The van der Waals surface area contributed by atoms with Crippen LogP contribution in [0.4, 0.5) is 5.82 Å². The van der Waals surface area contributed by atoms with Gasteiger partial charge < -0.3 is 23.5 Å². The van der Waals surface area contributed by atoms with Crippen LogP contribution in [0.5, 0.6) is 11.5 Å². The largest absolute Gasteiger partial charge is 0.493 e. The highest BCUT2D eigenvalue weighted by Gasteiger charge is 2.27. The third-order valence-corrected chi connectivity index (χ3v) is 5.04. The Morgan fingerprint density at radius 3 is 2.50 bits per heavy atom. The summed E-state index contributed by atoms with van der Waals surface area (Å²) in [6.07, 6.45) is 3.54. The van der Waals surface area contributed by atoms with E-state index in [1.807, 2.05) is 12.1 Å². The Bertz CT molecular complexity index is 953. The van der Waals surface area contributed by atoms with Gasteiger partial charge in [-0.1, -0.05) is 0 Å². The predicted octanol–water partition coefficient (Wildman–Crippen LogP) is 2.56. The molecule has 9 heteroatoms. The van der Waals surface area contributed by atoms with Gasteiger partial charge in [-0.15, -0.1) is 15.3 Å². The van der Waals surface area contributed by atoms with E-state index in [-0.39, 0.29) is 5.92 Å². The van der Waals surface area contributed by atoms with Crippen molar-refractivity contribution in [1.82, 2.24) is 20.4 Å². The summed E-state index contributed by atoms with van der Waals surface area (Å²) in [4.78, 5) is 2.24. The van der Waals surface area contributed by atoms with Gasteiger partial charge in [-0.2, -0.15) is 5.10 Å². The van der Waals surface area contributed by atoms with Gasteiger partial charge >= 0.3 is 0 Å². The molecule has 0 spiro atoms. The normalized spacial score (nSPS) is 15.2. The number of anilines is 1. The second-order valence-corrected chi connectivity index (χ2v) is 6.69. The monoisotopic (exact) mass is 385 g/mol. The molecule has 3 aromatic rings. The molecule has 9 nitrogen and oxygen atoms in total. The average Bonchev–Trinajstić information content (AvgIpc) is 3.21. The van der Waals surface area contributed by atoms with Crippen molar-refractivity contribution in [2.75, 3.05) is 39.3 Å². The molecule has 4 rings (SSSR count). The summed E-state index contributed by atoms with van der Waals surface area (Å²) in [5.41, 5.74) is 0. The molecule has 1 aliphatic heterocycles. The third-order valence-electron chi connectivity index (χ3n) is 5.04. The smallest absolute Gasteiger partial charge is 0.242 e. The van der Waals surface area contributed by atoms with E-state index in [2.05, 4.69) is 25.3 Å². The molecule has 0 radical (unpaired) electrons. The molecule has 2 aromatic heterocycles. The van der Waals surface area contributed by atoms with Crippen LogP contribution < -0.4 is 14.4 Å². The number of fused-ring (bicyclic) bond motifs is 1. The zero-order valence-corrected chi connectivity index (χ0v) is 16.2. The van der Waals surface area contributed by atoms with Crippen LogP contribution in [0.15, 0.2) is 22.7 Å². The Morgan fingerprint density at radius 2 is 1.79 bits per heavy atom. The molecule has 1 saturated heterocycles. The molecular formula is C19H23N5O4. The highest BCUT2D eigenvalue weighted by molar-refractivity contribution is 5.94. The quantitative estimate of drug-likeness (QED) is 0.634. The number of aromatic nitrogens is 4. The van der Waals surface area contributed by atoms with E-state index in [0.717, 1.165) is 42.5 Å². The van der Waals surface area contributed by atoms with Gasteiger partial charge in [-0.25, -0.2) is 0 Å². The number of nitrogens with zero attached hydrogens (tertiary/aromatic N) is 5. The fourth-order valence-electron chi connectivity index (χ4n) is 3.58. The van der Waals surface area contributed by atoms with Gasteiger partial charge in [0.1, 0.15) is 6.61 Å². The van der Waals surface area contributed by atoms with Gasteiger partial charge in [0.2, 0.25) is 11.8 Å². The lowest BCUT2D eigenvalue weighted by atomic mass is 9.96. The fraction of sp³-hybridized carbons (Fsp3) is 0.474. The van der Waals surface area contributed by atoms with Crippen molar-refractivity contribution >= 4 is 16.6 Å². The number of hydrogen-bond donors (Lipinski definition) is 0. The standard InChI is InChI=1S/C19H23N5O4/c1-25-11-17-21-23-19(28-17)12-4-6-24(7-5-12)18-14-9-16(27-3)15(26-2)8-13(14)10-20-22-18/h8-10,12H,4-7,11H2,1-3H3. The summed E-state index contributed by atoms with van der Waals surface area (Å²) < 4.78 is 21.6. The zero-order valence-electron chi connectivity index (χ0n) is 16.2. The minimum atomic E-state index is 0.243. The summed E-state index contributed by atoms with van der Waals surface area (Å²) in [6.45, 7) is 1.99. The van der Waals surface area contributed by atoms with Crippen LogP contribution >= 0.6 is 0 Å². The molecule has 0 aliphatic carbocycles. The van der Waals surface area contributed by atoms with E-state index in [4.69, 9.17) is 18.6 Å². The molecule has 1 fully saturated rings. The first kappa shape index (κ1) is 18.4. The molecule has 0 unspecified atom stereocenters. The maximum Gasteiger partial charge on any atom is 0.242 e. The first-order valence-corrected chi connectivity index (χ1v) is 9.17. The molecule has 0 N–H and O–H groups in total. The van der Waals surface area contributed by atoms with E-state index < -0.39 is 0 Å². The molecular weight excluding hydrogens is 362 g/mol. The van der Waals surface area contributed by atoms with E-state index >= 15 is 0 Å². The van der Waals surface area contributed by atoms with Gasteiger partial charge in [0.25, 0.3) is 0 Å². The topological polar surface area (TPSA) is 95.6 Å². The first-order chi connectivity index (χ1) is 13.7. The first-order valence-electron chi connectivity index (χ1n) is 9.17. The van der Waals surface area contributed by atoms with Crippen LogP contribution in [0.1, 0.15) is 30.5 Å². The van der Waals surface area contributed by atoms with Crippen molar-refractivity contribution in [2.24, 2.45) is 0 Å². The van der Waals surface area contributed by atoms with Crippen molar-refractivity contribution < 1.29 is 18.6 Å². The highest BCUT2D eigenvalue weighted by Crippen LogP contribution is 2.37. The summed E-state index contributed by atoms with van der Waals surface area (Å²) in [7, 11) is 4.86. The Kier molecular flexibility index (Phi) is 5.25. The van der Waals surface area contributed by atoms with Crippen LogP contribution in [0.25, 0.3) is 10.8 Å². The second kappa shape index (κ2) is 7.97. The van der Waals surface area contributed by atoms with E-state index in [1.165, 1.54) is 0 Å². The van der Waals surface area contributed by atoms with Crippen LogP contribution in [0.3, 0.4) is 0 Å². The van der Waals surface area contributed by atoms with Crippen molar-refractivity contribution in [3.63, 3.8) is 0 Å². The van der Waals surface area contributed by atoms with E-state index in [9.17, 15) is 0 Å². The lowest BCUT2D eigenvalue weighted by Gasteiger charge is -2.31. The summed E-state index contributed by atoms with van der Waals surface area (Å²) in [6, 6.07) is 3.88. The fourth-order valence-corrected chi connectivity index (χ4v) is 3.58. The predicted molar refractivity (Wildman–Crippen MR) is 102 cm³/mol. The molecule has 1 aromatic carbocycles. The minimum absolute atomic E-state index is 0.243. The lowest BCUT2D eigenvalue weighted by molar-refractivity contribution is 0.156. The number of methoxy groups -OCH3 is 3. The van der Waals surface area contributed by atoms with E-state index in [0.29, 0.717) is 29.9 Å². The SMILES string of the molecule is COCc1nnc(C2CCN(c3nncc4cc(OC)c(OC)cc34)CC2)o1. The van der Waals surface area contributed by atoms with Crippen LogP contribution in [0.2, 0.25) is 0 Å². The van der Waals surface area contributed by atoms with Crippen molar-refractivity contribution in [3.05, 3.63) is 30.1 Å². The summed E-state index contributed by atoms with van der Waals surface area (Å²) in [5.74, 6) is 3.64. The average molecular weight is 385 g/mol. The summed E-state index contributed by atoms with van der Waals surface area (Å²) in [5, 5.41) is 18.7. The van der Waals surface area contributed by atoms with Crippen molar-refractivity contribution in [2.45, 2.75) is 25.4 Å². The van der Waals surface area contributed by atoms with Gasteiger partial charge in [-0.05, 0) is 25.0 Å². The van der Waals surface area contributed by atoms with Gasteiger partial charge in [0, 0.05) is 36.9 Å². The second-order valence-electron chi connectivity index (χ2n) is 6.69.